The van der Waals surface area contributed by atoms with Crippen LogP contribution in [-0.2, 0) is 17.6 Å². The predicted octanol–water partition coefficient (Wildman–Crippen LogP) is -3.86. The van der Waals surface area contributed by atoms with Crippen LogP contribution in [0.5, 0.6) is 0 Å². The molecule has 0 aromatic heterocycles. The minimum Gasteiger partial charge on any atom is -0.370 e. The number of nitrogens with zero attached hydrogens (tertiary/aromatic N) is 4. The average molecular weight is 513 g/mol. The Hall–Kier alpha value is -3.91. The van der Waals surface area contributed by atoms with Crippen LogP contribution in [-0.4, -0.2) is 111 Å². The summed E-state index contributed by atoms with van der Waals surface area (Å²) in [6.45, 7) is -0.238. The van der Waals surface area contributed by atoms with E-state index in [9.17, 15) is 24.6 Å². The molecule has 14 nitrogen and oxygen atoms in total. The lowest BCUT2D eigenvalue weighted by Gasteiger charge is -2.44. The highest BCUT2D eigenvalue weighted by molar-refractivity contribution is 6.02. The number of hydrogen-bond donors (Lipinski definition) is 7. The number of fused-ring (bicyclic) bond motifs is 1. The number of nitrogens with two attached hydrogens (primary N) is 2. The molecule has 1 aliphatic carbocycles. The molecule has 14 heteroatoms. The monoisotopic (exact) mass is 512 g/mol. The van der Waals surface area contributed by atoms with Gasteiger partial charge in [-0.3, -0.25) is 25.5 Å². The van der Waals surface area contributed by atoms with Crippen LogP contribution in [0.4, 0.5) is 4.79 Å². The molecule has 4 atom stereocenters. The molecule has 1 spiro atoms. The van der Waals surface area contributed by atoms with E-state index in [1.165, 1.54) is 16.5 Å². The van der Waals surface area contributed by atoms with Crippen molar-refractivity contribution in [2.24, 2.45) is 16.5 Å². The maximum atomic E-state index is 13.3. The number of carbonyl (C=O) groups excluding carboxylic acids is 3. The number of amides is 4. The van der Waals surface area contributed by atoms with E-state index in [-0.39, 0.29) is 31.6 Å². The van der Waals surface area contributed by atoms with E-state index in [0.29, 0.717) is 5.56 Å². The van der Waals surface area contributed by atoms with Crippen molar-refractivity contribution < 1.29 is 29.2 Å². The molecular formula is C23H30N9O5+. The highest BCUT2D eigenvalue weighted by atomic mass is 16.5. The third-order valence-electron chi connectivity index (χ3n) is 8.17. The van der Waals surface area contributed by atoms with Gasteiger partial charge in [-0.05, 0) is 36.5 Å². The Balaban J connectivity index is 1.32. The summed E-state index contributed by atoms with van der Waals surface area (Å²) in [6, 6.07) is 2.15. The van der Waals surface area contributed by atoms with Gasteiger partial charge in [-0.2, -0.15) is 0 Å². The zero-order chi connectivity index (χ0) is 26.3. The summed E-state index contributed by atoms with van der Waals surface area (Å²) in [6.07, 6.45) is 2.65. The highest BCUT2D eigenvalue weighted by Crippen LogP contribution is 2.41. The Labute approximate surface area is 212 Å². The number of rotatable bonds is 4. The second-order valence-corrected chi connectivity index (χ2v) is 10.3. The van der Waals surface area contributed by atoms with E-state index in [4.69, 9.17) is 11.5 Å². The molecule has 4 aliphatic heterocycles. The van der Waals surface area contributed by atoms with Crippen LogP contribution in [0.25, 0.3) is 0 Å². The van der Waals surface area contributed by atoms with Crippen LogP contribution >= 0.6 is 0 Å². The standard InChI is InChI=1S/C23H29N9O5/c1-30-10-16(33)31(21(30)35)8-14-17-22(29-19(24)28-17)23(36,37)15(9-32(22)20(25)26-14)27-18(34)13-7-3-5-11-4-2-6-12(11)13/h3,5,7,14-15,17,36-37H,2,4,6,8-10H2,1H3,(H6,24,25,26,27,28,29,34)/p+1/t14-,15?,17?,22?/m0/s1. The predicted molar refractivity (Wildman–Crippen MR) is 129 cm³/mol. The van der Waals surface area contributed by atoms with Crippen molar-refractivity contribution in [2.75, 3.05) is 26.7 Å². The molecule has 2 fully saturated rings. The number of hydrogen-bond acceptors (Lipinski definition) is 10. The highest BCUT2D eigenvalue weighted by Gasteiger charge is 2.75. The summed E-state index contributed by atoms with van der Waals surface area (Å²) in [7, 11) is 1.52. The average Bonchev–Trinajstić information content (AvgIpc) is 3.57. The first-order chi connectivity index (χ1) is 17.5. The van der Waals surface area contributed by atoms with Crippen LogP contribution in [0, 0.1) is 0 Å². The number of guanidine groups is 2. The number of carbonyl (C=O) groups is 3. The van der Waals surface area contributed by atoms with E-state index in [1.807, 2.05) is 12.1 Å². The summed E-state index contributed by atoms with van der Waals surface area (Å²) in [4.78, 5) is 45.0. The Morgan fingerprint density at radius 1 is 1.30 bits per heavy atom. The molecule has 0 saturated carbocycles. The quantitative estimate of drug-likeness (QED) is 0.120. The van der Waals surface area contributed by atoms with Crippen molar-refractivity contribution in [3.8, 4) is 0 Å². The fourth-order valence-corrected chi connectivity index (χ4v) is 6.42. The largest absolute Gasteiger partial charge is 0.370 e. The number of aliphatic hydroxyl groups is 2. The first-order valence-corrected chi connectivity index (χ1v) is 12.2. The van der Waals surface area contributed by atoms with Gasteiger partial charge in [0.05, 0.1) is 13.1 Å². The third-order valence-corrected chi connectivity index (χ3v) is 8.17. The minimum atomic E-state index is -2.59. The van der Waals surface area contributed by atoms with Crippen molar-refractivity contribution >= 4 is 29.8 Å². The fraction of sp³-hybridized carbons (Fsp3) is 0.522. The lowest BCUT2D eigenvalue weighted by atomic mass is 9.85. The van der Waals surface area contributed by atoms with Gasteiger partial charge in [-0.1, -0.05) is 12.1 Å². The van der Waals surface area contributed by atoms with Crippen molar-refractivity contribution in [2.45, 2.75) is 48.8 Å². The van der Waals surface area contributed by atoms with E-state index < -0.39 is 47.4 Å². The number of imide groups is 1. The zero-order valence-electron chi connectivity index (χ0n) is 20.3. The number of benzene rings is 1. The van der Waals surface area contributed by atoms with E-state index in [1.54, 1.807) is 6.07 Å². The van der Waals surface area contributed by atoms with Crippen molar-refractivity contribution in [1.29, 1.82) is 0 Å². The molecule has 0 radical (unpaired) electrons. The van der Waals surface area contributed by atoms with E-state index >= 15 is 0 Å². The fourth-order valence-electron chi connectivity index (χ4n) is 6.42. The van der Waals surface area contributed by atoms with Crippen molar-refractivity contribution in [1.82, 2.24) is 25.8 Å². The first-order valence-electron chi connectivity index (χ1n) is 12.2. The van der Waals surface area contributed by atoms with Gasteiger partial charge in [-0.15, -0.1) is 0 Å². The number of nitrogens with one attached hydrogen (secondary N) is 3. The molecule has 1 aromatic carbocycles. The normalized spacial score (nSPS) is 31.5. The van der Waals surface area contributed by atoms with Crippen LogP contribution < -0.4 is 27.4 Å². The van der Waals surface area contributed by atoms with Crippen LogP contribution in [0.3, 0.4) is 0 Å². The zero-order valence-corrected chi connectivity index (χ0v) is 20.3. The molecule has 2 saturated heterocycles. The summed E-state index contributed by atoms with van der Waals surface area (Å²) >= 11 is 0. The number of likely N-dealkylation sites (N-methyl/N-ethyl adjacent to an activating group) is 1. The summed E-state index contributed by atoms with van der Waals surface area (Å²) in [5, 5.41) is 32.0. The Morgan fingerprint density at radius 3 is 2.81 bits per heavy atom. The van der Waals surface area contributed by atoms with Gasteiger partial charge in [0, 0.05) is 12.6 Å². The van der Waals surface area contributed by atoms with Gasteiger partial charge < -0.3 is 31.5 Å². The molecule has 6 rings (SSSR count). The smallest absolute Gasteiger partial charge is 0.346 e. The van der Waals surface area contributed by atoms with Gasteiger partial charge in [-0.25, -0.2) is 14.4 Å². The van der Waals surface area contributed by atoms with E-state index in [2.05, 4.69) is 20.9 Å². The van der Waals surface area contributed by atoms with Crippen LogP contribution in [0.1, 0.15) is 27.9 Å². The van der Waals surface area contributed by atoms with Gasteiger partial charge in [0.2, 0.25) is 17.4 Å². The Morgan fingerprint density at radius 2 is 2.08 bits per heavy atom. The molecule has 0 bridgehead atoms. The van der Waals surface area contributed by atoms with Crippen LogP contribution in [0.15, 0.2) is 23.2 Å². The first kappa shape index (κ1) is 23.5. The SMILES string of the molecule is CN1CC(=O)N(C[C@@H]2NC(N)=[N+]3CC(NC(=O)c4cccc5c4CCC5)C(O)(O)C34NC(N)=NC24)C1=O. The number of urea groups is 1. The van der Waals surface area contributed by atoms with Gasteiger partial charge in [0.25, 0.3) is 5.91 Å². The third kappa shape index (κ3) is 3.15. The molecular weight excluding hydrogens is 482 g/mol. The van der Waals surface area contributed by atoms with E-state index in [0.717, 1.165) is 35.3 Å². The topological polar surface area (TPSA) is 202 Å². The van der Waals surface area contributed by atoms with Crippen LogP contribution in [0.2, 0.25) is 0 Å². The lowest BCUT2D eigenvalue weighted by Crippen LogP contribution is -2.79. The minimum absolute atomic E-state index is 0.0580. The second kappa shape index (κ2) is 7.79. The summed E-state index contributed by atoms with van der Waals surface area (Å²) < 4.78 is 1.48. The van der Waals surface area contributed by atoms with Gasteiger partial charge in [0.15, 0.2) is 5.96 Å². The van der Waals surface area contributed by atoms with Gasteiger partial charge >= 0.3 is 12.0 Å². The maximum absolute atomic E-state index is 13.3. The molecule has 4 heterocycles. The molecule has 4 amide bonds. The Bertz CT molecular complexity index is 1290. The van der Waals surface area contributed by atoms with Crippen molar-refractivity contribution in [3.63, 3.8) is 0 Å². The maximum Gasteiger partial charge on any atom is 0.346 e. The number of aliphatic imine (C=N–C) groups is 1. The summed E-state index contributed by atoms with van der Waals surface area (Å²) in [5.74, 6) is -3.39. The molecule has 196 valence electrons. The Kier molecular flexibility index (Phi) is 4.95. The molecule has 1 aromatic rings. The lowest BCUT2D eigenvalue weighted by molar-refractivity contribution is -0.623. The van der Waals surface area contributed by atoms with Gasteiger partial charge in [0.1, 0.15) is 24.7 Å². The molecule has 9 N–H and O–H groups in total. The summed E-state index contributed by atoms with van der Waals surface area (Å²) in [5.41, 5.74) is 13.2. The molecule has 37 heavy (non-hydrogen) atoms. The van der Waals surface area contributed by atoms with Crippen molar-refractivity contribution in [3.05, 3.63) is 34.9 Å². The number of aryl methyl sites for hydroxylation is 1. The molecule has 5 aliphatic rings. The molecule has 3 unspecified atom stereocenters. The second-order valence-electron chi connectivity index (χ2n) is 10.3.